The van der Waals surface area contributed by atoms with E-state index in [2.05, 4.69) is 0 Å². The van der Waals surface area contributed by atoms with Crippen LogP contribution in [-0.2, 0) is 19.2 Å². The van der Waals surface area contributed by atoms with Gasteiger partial charge in [0.2, 0.25) is 11.8 Å². The molecule has 0 bridgehead atoms. The number of nitrogens with one attached hydrogen (secondary N) is 1. The average Bonchev–Trinajstić information content (AvgIpc) is 2.97. The molecule has 0 atom stereocenters. The minimum absolute atomic E-state index is 0.101. The molecular weight excluding hydrogens is 260 g/mol. The molecule has 0 aromatic heterocycles. The van der Waals surface area contributed by atoms with E-state index in [9.17, 15) is 19.2 Å². The number of imide groups is 2. The van der Waals surface area contributed by atoms with Gasteiger partial charge in [0.05, 0.1) is 5.69 Å². The van der Waals surface area contributed by atoms with Gasteiger partial charge in [0.25, 0.3) is 11.8 Å². The smallest absolute Gasteiger partial charge is 0.250 e. The number of amides is 4. The second kappa shape index (κ2) is 5.92. The van der Waals surface area contributed by atoms with E-state index < -0.39 is 0 Å². The molecule has 4 amide bonds. The van der Waals surface area contributed by atoms with Crippen LogP contribution in [0, 0.1) is 0 Å². The van der Waals surface area contributed by atoms with E-state index in [0.29, 0.717) is 18.5 Å². The third-order valence-corrected chi connectivity index (χ3v) is 2.70. The van der Waals surface area contributed by atoms with Crippen molar-refractivity contribution in [2.75, 3.05) is 4.90 Å². The Morgan fingerprint density at radius 3 is 1.70 bits per heavy atom. The van der Waals surface area contributed by atoms with Crippen molar-refractivity contribution in [2.24, 2.45) is 0 Å². The summed E-state index contributed by atoms with van der Waals surface area (Å²) in [6, 6.07) is 9.01. The van der Waals surface area contributed by atoms with Crippen molar-refractivity contribution in [3.63, 3.8) is 0 Å². The molecule has 0 aliphatic carbocycles. The summed E-state index contributed by atoms with van der Waals surface area (Å²) in [4.78, 5) is 43.9. The first-order valence-corrected chi connectivity index (χ1v) is 6.02. The zero-order valence-electron chi connectivity index (χ0n) is 10.5. The number of benzene rings is 1. The summed E-state index contributed by atoms with van der Waals surface area (Å²) in [5.41, 5.74) is 0.676. The van der Waals surface area contributed by atoms with Gasteiger partial charge >= 0.3 is 0 Å². The van der Waals surface area contributed by atoms with Gasteiger partial charge in [-0.15, -0.1) is 0 Å². The van der Waals surface area contributed by atoms with Gasteiger partial charge in [-0.1, -0.05) is 18.2 Å². The van der Waals surface area contributed by atoms with Crippen molar-refractivity contribution in [1.29, 1.82) is 0 Å². The van der Waals surface area contributed by atoms with Crippen molar-refractivity contribution in [3.05, 3.63) is 42.5 Å². The fraction of sp³-hybridized carbons (Fsp3) is 0.143. The lowest BCUT2D eigenvalue weighted by Gasteiger charge is -2.12. The van der Waals surface area contributed by atoms with E-state index in [4.69, 9.17) is 0 Å². The van der Waals surface area contributed by atoms with E-state index in [1.54, 1.807) is 12.1 Å². The van der Waals surface area contributed by atoms with Gasteiger partial charge in [-0.3, -0.25) is 29.4 Å². The highest BCUT2D eigenvalue weighted by Gasteiger charge is 2.29. The molecule has 1 aromatic carbocycles. The third kappa shape index (κ3) is 3.17. The number of hydrogen-bond acceptors (Lipinski definition) is 4. The molecule has 2 aliphatic rings. The van der Waals surface area contributed by atoms with Crippen LogP contribution >= 0.6 is 0 Å². The molecule has 2 aliphatic heterocycles. The molecule has 2 heterocycles. The molecule has 1 N–H and O–H groups in total. The second-order valence-electron chi connectivity index (χ2n) is 4.15. The molecule has 1 aromatic rings. The van der Waals surface area contributed by atoms with Gasteiger partial charge in [0.1, 0.15) is 0 Å². The third-order valence-electron chi connectivity index (χ3n) is 2.70. The van der Waals surface area contributed by atoms with Crippen molar-refractivity contribution in [2.45, 2.75) is 12.8 Å². The molecule has 0 radical (unpaired) electrons. The number of rotatable bonds is 1. The van der Waals surface area contributed by atoms with Crippen LogP contribution in [0.25, 0.3) is 0 Å². The summed E-state index contributed by atoms with van der Waals surface area (Å²) in [7, 11) is 0. The van der Waals surface area contributed by atoms with Gasteiger partial charge < -0.3 is 0 Å². The highest BCUT2D eigenvalue weighted by Crippen LogP contribution is 2.21. The van der Waals surface area contributed by atoms with Gasteiger partial charge in [-0.25, -0.2) is 0 Å². The number of nitrogens with zero attached hydrogens (tertiary/aromatic N) is 1. The molecule has 0 unspecified atom stereocenters. The van der Waals surface area contributed by atoms with E-state index in [0.717, 1.165) is 0 Å². The quantitative estimate of drug-likeness (QED) is 0.756. The molecule has 102 valence electrons. The zero-order chi connectivity index (χ0) is 14.5. The van der Waals surface area contributed by atoms with Gasteiger partial charge in [0.15, 0.2) is 0 Å². The van der Waals surface area contributed by atoms with Gasteiger partial charge in [-0.05, 0) is 12.1 Å². The molecule has 1 saturated heterocycles. The van der Waals surface area contributed by atoms with Crippen molar-refractivity contribution in [1.82, 2.24) is 5.32 Å². The normalized spacial score (nSPS) is 17.1. The Morgan fingerprint density at radius 1 is 0.800 bits per heavy atom. The fourth-order valence-corrected chi connectivity index (χ4v) is 1.80. The second-order valence-corrected chi connectivity index (χ2v) is 4.15. The number of anilines is 1. The minimum atomic E-state index is -0.329. The SMILES string of the molecule is O=C1C=CC(=O)N1.O=C1CCC(=O)N1c1ccccc1. The molecule has 6 heteroatoms. The lowest BCUT2D eigenvalue weighted by molar-refractivity contribution is -0.124. The number of carbonyl (C=O) groups excluding carboxylic acids is 4. The van der Waals surface area contributed by atoms with Crippen LogP contribution in [0.15, 0.2) is 42.5 Å². The first-order chi connectivity index (χ1) is 9.58. The van der Waals surface area contributed by atoms with E-state index in [-0.39, 0.29) is 23.6 Å². The van der Waals surface area contributed by atoms with Gasteiger partial charge in [-0.2, -0.15) is 0 Å². The maximum absolute atomic E-state index is 11.3. The predicted octanol–water partition coefficient (Wildman–Crippen LogP) is 0.539. The summed E-state index contributed by atoms with van der Waals surface area (Å²) in [5, 5.41) is 2.03. The van der Waals surface area contributed by atoms with Gasteiger partial charge in [0, 0.05) is 25.0 Å². The maximum Gasteiger partial charge on any atom is 0.250 e. The molecule has 1 fully saturated rings. The minimum Gasteiger partial charge on any atom is -0.289 e. The van der Waals surface area contributed by atoms with Crippen LogP contribution in [0.5, 0.6) is 0 Å². The zero-order valence-corrected chi connectivity index (χ0v) is 10.5. The summed E-state index contributed by atoms with van der Waals surface area (Å²) < 4.78 is 0. The Bertz CT molecular complexity index is 560. The highest BCUT2D eigenvalue weighted by molar-refractivity contribution is 6.19. The fourth-order valence-electron chi connectivity index (χ4n) is 1.80. The summed E-state index contributed by atoms with van der Waals surface area (Å²) in [6.45, 7) is 0. The van der Waals surface area contributed by atoms with Crippen LogP contribution in [-0.4, -0.2) is 23.6 Å². The van der Waals surface area contributed by atoms with Crippen LogP contribution < -0.4 is 10.2 Å². The largest absolute Gasteiger partial charge is 0.289 e. The maximum atomic E-state index is 11.3. The molecule has 6 nitrogen and oxygen atoms in total. The molecule has 0 saturated carbocycles. The van der Waals surface area contributed by atoms with Crippen molar-refractivity contribution >= 4 is 29.3 Å². The van der Waals surface area contributed by atoms with E-state index in [1.807, 2.05) is 23.5 Å². The van der Waals surface area contributed by atoms with E-state index >= 15 is 0 Å². The average molecular weight is 272 g/mol. The monoisotopic (exact) mass is 272 g/mol. The van der Waals surface area contributed by atoms with E-state index in [1.165, 1.54) is 17.1 Å². The Morgan fingerprint density at radius 2 is 1.30 bits per heavy atom. The predicted molar refractivity (Wildman–Crippen MR) is 70.5 cm³/mol. The van der Waals surface area contributed by atoms with Crippen LogP contribution in [0.3, 0.4) is 0 Å². The molecule has 0 spiro atoms. The Balaban J connectivity index is 0.000000178. The van der Waals surface area contributed by atoms with Crippen molar-refractivity contribution < 1.29 is 19.2 Å². The lowest BCUT2D eigenvalue weighted by Crippen LogP contribution is -2.28. The van der Waals surface area contributed by atoms with Crippen LogP contribution in [0.1, 0.15) is 12.8 Å². The molecule has 20 heavy (non-hydrogen) atoms. The number of para-hydroxylation sites is 1. The molecular formula is C14H12N2O4. The summed E-state index contributed by atoms with van der Waals surface area (Å²) in [5.74, 6) is -0.859. The van der Waals surface area contributed by atoms with Crippen molar-refractivity contribution in [3.8, 4) is 0 Å². The highest BCUT2D eigenvalue weighted by atomic mass is 16.2. The van der Waals surface area contributed by atoms with Crippen LogP contribution in [0.2, 0.25) is 0 Å². The Hall–Kier alpha value is -2.76. The first-order valence-electron chi connectivity index (χ1n) is 6.02. The number of hydrogen-bond donors (Lipinski definition) is 1. The Kier molecular flexibility index (Phi) is 4.05. The first kappa shape index (κ1) is 13.7. The lowest BCUT2D eigenvalue weighted by atomic mass is 10.3. The standard InChI is InChI=1S/C10H9NO2.C4H3NO2/c12-9-6-7-10(13)11(9)8-4-2-1-3-5-8;6-3-1-2-4(7)5-3/h1-5H,6-7H2;1-2H,(H,5,6,7). The van der Waals surface area contributed by atoms with Crippen LogP contribution in [0.4, 0.5) is 5.69 Å². The summed E-state index contributed by atoms with van der Waals surface area (Å²) in [6.07, 6.45) is 3.08. The topological polar surface area (TPSA) is 83.5 Å². The Labute approximate surface area is 115 Å². The number of carbonyl (C=O) groups is 4. The summed E-state index contributed by atoms with van der Waals surface area (Å²) >= 11 is 0. The molecule has 3 rings (SSSR count).